The van der Waals surface area contributed by atoms with Gasteiger partial charge in [0, 0.05) is 0 Å². The first-order valence-corrected chi connectivity index (χ1v) is 2.55. The zero-order valence-corrected chi connectivity index (χ0v) is 4.44. The minimum Gasteiger partial charge on any atom is -0.344 e. The van der Waals surface area contributed by atoms with E-state index in [1.807, 2.05) is 0 Å². The standard InChI is InChI=1S/C5H9O2/c1-2-3-6-5-4-7-5/h2-4H2,1H3. The van der Waals surface area contributed by atoms with E-state index in [2.05, 4.69) is 6.92 Å². The molecule has 1 aliphatic heterocycles. The van der Waals surface area contributed by atoms with Crippen LogP contribution in [0.2, 0.25) is 0 Å². The summed E-state index contributed by atoms with van der Waals surface area (Å²) in [5.41, 5.74) is 0. The van der Waals surface area contributed by atoms with Crippen molar-refractivity contribution in [2.75, 3.05) is 13.2 Å². The number of ether oxygens (including phenoxy) is 2. The molecule has 0 aromatic rings. The Hall–Kier alpha value is -0.0800. The molecule has 0 spiro atoms. The molecular weight excluding hydrogens is 92.1 g/mol. The molecule has 0 aliphatic carbocycles. The van der Waals surface area contributed by atoms with Crippen LogP contribution in [0.1, 0.15) is 13.3 Å². The van der Waals surface area contributed by atoms with Crippen molar-refractivity contribution in [3.63, 3.8) is 0 Å². The Morgan fingerprint density at radius 1 is 1.86 bits per heavy atom. The van der Waals surface area contributed by atoms with Gasteiger partial charge in [-0.1, -0.05) is 6.92 Å². The summed E-state index contributed by atoms with van der Waals surface area (Å²) in [7, 11) is 0. The number of epoxide rings is 1. The van der Waals surface area contributed by atoms with Gasteiger partial charge in [0.15, 0.2) is 0 Å². The van der Waals surface area contributed by atoms with Crippen molar-refractivity contribution >= 4 is 0 Å². The van der Waals surface area contributed by atoms with Crippen LogP contribution in [0.3, 0.4) is 0 Å². The molecule has 2 heteroatoms. The molecule has 0 atom stereocenters. The second-order valence-corrected chi connectivity index (χ2v) is 1.51. The van der Waals surface area contributed by atoms with E-state index in [1.165, 1.54) is 0 Å². The van der Waals surface area contributed by atoms with Crippen molar-refractivity contribution in [3.05, 3.63) is 6.29 Å². The molecule has 0 aromatic heterocycles. The van der Waals surface area contributed by atoms with Crippen molar-refractivity contribution in [1.29, 1.82) is 0 Å². The van der Waals surface area contributed by atoms with Crippen LogP contribution in [-0.4, -0.2) is 13.2 Å². The van der Waals surface area contributed by atoms with Crippen molar-refractivity contribution in [3.8, 4) is 0 Å². The van der Waals surface area contributed by atoms with E-state index in [0.29, 0.717) is 0 Å². The van der Waals surface area contributed by atoms with Crippen LogP contribution in [-0.2, 0) is 9.47 Å². The third kappa shape index (κ3) is 1.90. The fraction of sp³-hybridized carbons (Fsp3) is 0.800. The predicted molar refractivity (Wildman–Crippen MR) is 25.4 cm³/mol. The van der Waals surface area contributed by atoms with E-state index in [4.69, 9.17) is 9.47 Å². The number of hydrogen-bond donors (Lipinski definition) is 0. The smallest absolute Gasteiger partial charge is 0.250 e. The third-order valence-electron chi connectivity index (χ3n) is 0.729. The molecule has 1 heterocycles. The summed E-state index contributed by atoms with van der Waals surface area (Å²) in [6.45, 7) is 3.60. The molecule has 1 rings (SSSR count). The number of rotatable bonds is 3. The van der Waals surface area contributed by atoms with Gasteiger partial charge < -0.3 is 9.47 Å². The zero-order valence-electron chi connectivity index (χ0n) is 4.44. The first-order chi connectivity index (χ1) is 3.43. The van der Waals surface area contributed by atoms with Crippen LogP contribution in [0.4, 0.5) is 0 Å². The summed E-state index contributed by atoms with van der Waals surface area (Å²) in [4.78, 5) is 0. The maximum absolute atomic E-state index is 5.00. The lowest BCUT2D eigenvalue weighted by Gasteiger charge is -1.89. The van der Waals surface area contributed by atoms with Gasteiger partial charge in [-0.3, -0.25) is 0 Å². The van der Waals surface area contributed by atoms with Gasteiger partial charge in [-0.25, -0.2) is 0 Å². The molecule has 2 nitrogen and oxygen atoms in total. The topological polar surface area (TPSA) is 21.8 Å². The summed E-state index contributed by atoms with van der Waals surface area (Å²) in [6.07, 6.45) is 1.87. The average Bonchev–Trinajstić information content (AvgIpc) is 2.42. The van der Waals surface area contributed by atoms with E-state index in [9.17, 15) is 0 Å². The highest BCUT2D eigenvalue weighted by Crippen LogP contribution is 2.19. The van der Waals surface area contributed by atoms with Gasteiger partial charge in [-0.05, 0) is 6.42 Å². The Morgan fingerprint density at radius 2 is 2.57 bits per heavy atom. The molecule has 0 unspecified atom stereocenters. The molecular formula is C5H9O2. The van der Waals surface area contributed by atoms with E-state index >= 15 is 0 Å². The molecule has 1 fully saturated rings. The van der Waals surface area contributed by atoms with Crippen LogP contribution in [0, 0.1) is 6.29 Å². The SMILES string of the molecule is CCCO[C]1CO1. The summed E-state index contributed by atoms with van der Waals surface area (Å²) in [6, 6.07) is 0. The lowest BCUT2D eigenvalue weighted by molar-refractivity contribution is 0.129. The maximum Gasteiger partial charge on any atom is 0.250 e. The molecule has 1 saturated heterocycles. The molecule has 0 saturated carbocycles. The van der Waals surface area contributed by atoms with E-state index in [-0.39, 0.29) is 0 Å². The summed E-state index contributed by atoms with van der Waals surface area (Å²) in [5, 5.41) is 0. The van der Waals surface area contributed by atoms with Crippen molar-refractivity contribution in [1.82, 2.24) is 0 Å². The summed E-state index contributed by atoms with van der Waals surface area (Å²) < 4.78 is 9.70. The fourth-order valence-electron chi connectivity index (χ4n) is 0.329. The van der Waals surface area contributed by atoms with Gasteiger partial charge >= 0.3 is 0 Å². The van der Waals surface area contributed by atoms with Gasteiger partial charge in [-0.2, -0.15) is 0 Å². The molecule has 0 N–H and O–H groups in total. The highest BCUT2D eigenvalue weighted by atomic mass is 16.8. The average molecular weight is 101 g/mol. The highest BCUT2D eigenvalue weighted by Gasteiger charge is 2.25. The van der Waals surface area contributed by atoms with Crippen LogP contribution in [0.5, 0.6) is 0 Å². The van der Waals surface area contributed by atoms with Crippen LogP contribution < -0.4 is 0 Å². The van der Waals surface area contributed by atoms with Crippen LogP contribution in [0.25, 0.3) is 0 Å². The lowest BCUT2D eigenvalue weighted by atomic mass is 10.5. The van der Waals surface area contributed by atoms with Crippen molar-refractivity contribution in [2.24, 2.45) is 0 Å². The van der Waals surface area contributed by atoms with Crippen LogP contribution in [0.15, 0.2) is 0 Å². The van der Waals surface area contributed by atoms with E-state index in [0.717, 1.165) is 25.9 Å². The molecule has 41 valence electrons. The molecule has 7 heavy (non-hydrogen) atoms. The predicted octanol–water partition coefficient (Wildman–Crippen LogP) is 0.933. The van der Waals surface area contributed by atoms with Crippen molar-refractivity contribution in [2.45, 2.75) is 13.3 Å². The van der Waals surface area contributed by atoms with Crippen molar-refractivity contribution < 1.29 is 9.47 Å². The third-order valence-corrected chi connectivity index (χ3v) is 0.729. The molecule has 0 aromatic carbocycles. The Labute approximate surface area is 43.4 Å². The van der Waals surface area contributed by atoms with E-state index in [1.54, 1.807) is 0 Å². The maximum atomic E-state index is 5.00. The second-order valence-electron chi connectivity index (χ2n) is 1.51. The monoisotopic (exact) mass is 101 g/mol. The van der Waals surface area contributed by atoms with Gasteiger partial charge in [-0.15, -0.1) is 0 Å². The molecule has 0 amide bonds. The largest absolute Gasteiger partial charge is 0.344 e. The first-order valence-electron chi connectivity index (χ1n) is 2.55. The highest BCUT2D eigenvalue weighted by molar-refractivity contribution is 4.77. The Kier molecular flexibility index (Phi) is 1.65. The normalized spacial score (nSPS) is 20.1. The lowest BCUT2D eigenvalue weighted by Crippen LogP contribution is -1.87. The van der Waals surface area contributed by atoms with Gasteiger partial charge in [0.05, 0.1) is 6.61 Å². The summed E-state index contributed by atoms with van der Waals surface area (Å²) in [5.74, 6) is 0. The number of hydrogen-bond acceptors (Lipinski definition) is 2. The minimum absolute atomic E-state index is 0.722. The molecule has 0 bridgehead atoms. The molecule has 1 aliphatic rings. The Balaban J connectivity index is 1.80. The second kappa shape index (κ2) is 2.28. The van der Waals surface area contributed by atoms with Crippen LogP contribution >= 0.6 is 0 Å². The van der Waals surface area contributed by atoms with Gasteiger partial charge in [0.2, 0.25) is 0 Å². The first kappa shape index (κ1) is 5.06. The minimum atomic E-state index is 0.722. The Morgan fingerprint density at radius 3 is 3.00 bits per heavy atom. The summed E-state index contributed by atoms with van der Waals surface area (Å²) >= 11 is 0. The van der Waals surface area contributed by atoms with E-state index < -0.39 is 0 Å². The van der Waals surface area contributed by atoms with Gasteiger partial charge in [0.1, 0.15) is 6.61 Å². The molecule has 1 radical (unpaired) electrons. The zero-order chi connectivity index (χ0) is 5.11. The van der Waals surface area contributed by atoms with Gasteiger partial charge in [0.25, 0.3) is 6.29 Å². The quantitative estimate of drug-likeness (QED) is 0.493. The Bertz CT molecular complexity index is 50.0. The fourth-order valence-corrected chi connectivity index (χ4v) is 0.329.